The minimum absolute atomic E-state index is 0.295. The summed E-state index contributed by atoms with van der Waals surface area (Å²) in [6.45, 7) is 6.19. The molecular weight excluding hydrogens is 403 g/mol. The van der Waals surface area contributed by atoms with E-state index >= 15 is 0 Å². The zero-order chi connectivity index (χ0) is 20.9. The van der Waals surface area contributed by atoms with Crippen molar-refractivity contribution in [3.8, 4) is 22.9 Å². The van der Waals surface area contributed by atoms with Crippen molar-refractivity contribution in [1.29, 1.82) is 0 Å². The third-order valence-corrected chi connectivity index (χ3v) is 5.49. The van der Waals surface area contributed by atoms with E-state index in [0.717, 1.165) is 29.9 Å². The first-order valence-electron chi connectivity index (χ1n) is 9.68. The Labute approximate surface area is 178 Å². The molecule has 0 bridgehead atoms. The lowest BCUT2D eigenvalue weighted by molar-refractivity contribution is 0.466. The second kappa shape index (κ2) is 9.13. The zero-order valence-corrected chi connectivity index (χ0v) is 17.5. The summed E-state index contributed by atoms with van der Waals surface area (Å²) < 4.78 is 24.3. The number of benzene rings is 2. The van der Waals surface area contributed by atoms with Gasteiger partial charge in [-0.1, -0.05) is 11.8 Å². The van der Waals surface area contributed by atoms with Crippen LogP contribution in [0.2, 0.25) is 0 Å². The van der Waals surface area contributed by atoms with Crippen molar-refractivity contribution in [3.63, 3.8) is 0 Å². The number of hydrogen-bond donors (Lipinski definition) is 0. The molecule has 0 atom stereocenters. The second-order valence-corrected chi connectivity index (χ2v) is 7.46. The van der Waals surface area contributed by atoms with Gasteiger partial charge in [0.2, 0.25) is 11.8 Å². The second-order valence-electron chi connectivity index (χ2n) is 6.53. The molecule has 0 aliphatic rings. The molecule has 6 nitrogen and oxygen atoms in total. The Morgan fingerprint density at radius 3 is 2.27 bits per heavy atom. The Kier molecular flexibility index (Phi) is 6.13. The van der Waals surface area contributed by atoms with Gasteiger partial charge in [-0.25, -0.2) is 9.37 Å². The Morgan fingerprint density at radius 1 is 0.900 bits per heavy atom. The quantitative estimate of drug-likeness (QED) is 0.338. The molecule has 4 rings (SSSR count). The molecule has 0 aliphatic carbocycles. The first-order chi connectivity index (χ1) is 14.7. The molecule has 2 heterocycles. The van der Waals surface area contributed by atoms with E-state index in [1.165, 1.54) is 29.6 Å². The van der Waals surface area contributed by atoms with Gasteiger partial charge in [0, 0.05) is 35.7 Å². The van der Waals surface area contributed by atoms with E-state index in [-0.39, 0.29) is 5.82 Å². The molecular formula is C22H21FN4O2S. The standard InChI is InChI=1S/C22H21FN4O2S/c1-3-27(4-2)19-11-7-16(8-12-19)21-25-26-22(29-21)30-14-18-13-28-20(24-18)15-5-9-17(23)10-6-15/h5-13H,3-4,14H2,1-2H3. The minimum Gasteiger partial charge on any atom is -0.444 e. The maximum Gasteiger partial charge on any atom is 0.277 e. The van der Waals surface area contributed by atoms with Crippen LogP contribution in [0.15, 0.2) is 68.9 Å². The number of nitrogens with zero attached hydrogens (tertiary/aromatic N) is 4. The Morgan fingerprint density at radius 2 is 1.57 bits per heavy atom. The van der Waals surface area contributed by atoms with Gasteiger partial charge in [-0.2, -0.15) is 0 Å². The van der Waals surface area contributed by atoms with Crippen molar-refractivity contribution in [3.05, 3.63) is 66.3 Å². The summed E-state index contributed by atoms with van der Waals surface area (Å²) in [5.41, 5.74) is 3.51. The molecule has 0 radical (unpaired) electrons. The number of aromatic nitrogens is 3. The Balaban J connectivity index is 1.39. The molecule has 0 saturated heterocycles. The number of hydrogen-bond acceptors (Lipinski definition) is 7. The van der Waals surface area contributed by atoms with Crippen molar-refractivity contribution in [2.75, 3.05) is 18.0 Å². The SMILES string of the molecule is CCN(CC)c1ccc(-c2nnc(SCc3coc(-c4ccc(F)cc4)n3)o2)cc1. The predicted molar refractivity (Wildman–Crippen MR) is 115 cm³/mol. The smallest absolute Gasteiger partial charge is 0.277 e. The number of anilines is 1. The van der Waals surface area contributed by atoms with Crippen LogP contribution in [-0.4, -0.2) is 28.3 Å². The normalized spacial score (nSPS) is 11.0. The van der Waals surface area contributed by atoms with Crippen LogP contribution in [0.1, 0.15) is 19.5 Å². The molecule has 2 aromatic heterocycles. The van der Waals surface area contributed by atoms with Crippen LogP contribution in [-0.2, 0) is 5.75 Å². The van der Waals surface area contributed by atoms with Crippen LogP contribution >= 0.6 is 11.8 Å². The molecule has 0 spiro atoms. The Hall–Kier alpha value is -3.13. The number of thioether (sulfide) groups is 1. The highest BCUT2D eigenvalue weighted by atomic mass is 32.2. The lowest BCUT2D eigenvalue weighted by atomic mass is 10.2. The van der Waals surface area contributed by atoms with E-state index in [4.69, 9.17) is 8.83 Å². The average Bonchev–Trinajstić information content (AvgIpc) is 3.44. The maximum absolute atomic E-state index is 13.0. The van der Waals surface area contributed by atoms with Gasteiger partial charge in [0.15, 0.2) is 0 Å². The summed E-state index contributed by atoms with van der Waals surface area (Å²) in [5, 5.41) is 8.71. The van der Waals surface area contributed by atoms with Crippen LogP contribution < -0.4 is 4.90 Å². The Bertz CT molecular complexity index is 1090. The summed E-state index contributed by atoms with van der Waals surface area (Å²) >= 11 is 1.38. The molecule has 8 heteroatoms. The molecule has 0 amide bonds. The van der Waals surface area contributed by atoms with E-state index in [2.05, 4.69) is 46.1 Å². The first-order valence-corrected chi connectivity index (χ1v) is 10.7. The summed E-state index contributed by atoms with van der Waals surface area (Å²) in [7, 11) is 0. The van der Waals surface area contributed by atoms with Gasteiger partial charge < -0.3 is 13.7 Å². The lowest BCUT2D eigenvalue weighted by Crippen LogP contribution is -2.21. The van der Waals surface area contributed by atoms with Crippen LogP contribution in [0.5, 0.6) is 0 Å². The molecule has 30 heavy (non-hydrogen) atoms. The highest BCUT2D eigenvalue weighted by molar-refractivity contribution is 7.98. The van der Waals surface area contributed by atoms with E-state index in [0.29, 0.717) is 22.8 Å². The van der Waals surface area contributed by atoms with Gasteiger partial charge in [0.1, 0.15) is 12.1 Å². The van der Waals surface area contributed by atoms with Gasteiger partial charge in [-0.15, -0.1) is 10.2 Å². The number of oxazole rings is 1. The summed E-state index contributed by atoms with van der Waals surface area (Å²) in [6.07, 6.45) is 1.58. The van der Waals surface area contributed by atoms with Crippen molar-refractivity contribution in [1.82, 2.24) is 15.2 Å². The van der Waals surface area contributed by atoms with Crippen molar-refractivity contribution >= 4 is 17.4 Å². The molecule has 0 fully saturated rings. The van der Waals surface area contributed by atoms with Crippen molar-refractivity contribution < 1.29 is 13.2 Å². The highest BCUT2D eigenvalue weighted by Gasteiger charge is 2.12. The van der Waals surface area contributed by atoms with Gasteiger partial charge >= 0.3 is 0 Å². The average molecular weight is 425 g/mol. The largest absolute Gasteiger partial charge is 0.444 e. The molecule has 0 unspecified atom stereocenters. The fraction of sp³-hybridized carbons (Fsp3) is 0.227. The van der Waals surface area contributed by atoms with Crippen molar-refractivity contribution in [2.24, 2.45) is 0 Å². The third-order valence-electron chi connectivity index (χ3n) is 4.64. The van der Waals surface area contributed by atoms with Gasteiger partial charge in [0.25, 0.3) is 5.22 Å². The van der Waals surface area contributed by atoms with E-state index < -0.39 is 0 Å². The van der Waals surface area contributed by atoms with Crippen molar-refractivity contribution in [2.45, 2.75) is 24.8 Å². The van der Waals surface area contributed by atoms with Crippen LogP contribution in [0.4, 0.5) is 10.1 Å². The maximum atomic E-state index is 13.0. The molecule has 4 aromatic rings. The zero-order valence-electron chi connectivity index (χ0n) is 16.7. The van der Waals surface area contributed by atoms with Crippen LogP contribution in [0.25, 0.3) is 22.9 Å². The molecule has 154 valence electrons. The number of rotatable bonds is 8. The minimum atomic E-state index is -0.295. The van der Waals surface area contributed by atoms with E-state index in [1.807, 2.05) is 12.1 Å². The van der Waals surface area contributed by atoms with E-state index in [9.17, 15) is 4.39 Å². The number of halogens is 1. The summed E-state index contributed by atoms with van der Waals surface area (Å²) in [5.74, 6) is 1.16. The van der Waals surface area contributed by atoms with Crippen LogP contribution in [0.3, 0.4) is 0 Å². The van der Waals surface area contributed by atoms with Crippen LogP contribution in [0, 0.1) is 5.82 Å². The molecule has 0 aliphatic heterocycles. The highest BCUT2D eigenvalue weighted by Crippen LogP contribution is 2.28. The fourth-order valence-electron chi connectivity index (χ4n) is 3.02. The predicted octanol–water partition coefficient (Wildman–Crippen LogP) is 5.67. The van der Waals surface area contributed by atoms with Gasteiger partial charge in [-0.05, 0) is 62.4 Å². The van der Waals surface area contributed by atoms with Gasteiger partial charge in [0.05, 0.1) is 5.69 Å². The summed E-state index contributed by atoms with van der Waals surface area (Å²) in [6, 6.07) is 14.1. The molecule has 2 aromatic carbocycles. The first kappa shape index (κ1) is 20.2. The molecule has 0 N–H and O–H groups in total. The van der Waals surface area contributed by atoms with E-state index in [1.54, 1.807) is 18.4 Å². The fourth-order valence-corrected chi connectivity index (χ4v) is 3.66. The topological polar surface area (TPSA) is 68.2 Å². The molecule has 0 saturated carbocycles. The monoisotopic (exact) mass is 424 g/mol. The summed E-state index contributed by atoms with van der Waals surface area (Å²) in [4.78, 5) is 6.70. The van der Waals surface area contributed by atoms with Gasteiger partial charge in [-0.3, -0.25) is 0 Å². The lowest BCUT2D eigenvalue weighted by Gasteiger charge is -2.20. The third kappa shape index (κ3) is 4.54.